The molecule has 0 aliphatic heterocycles. The monoisotopic (exact) mass is 300 g/mol. The van der Waals surface area contributed by atoms with Crippen molar-refractivity contribution in [1.29, 1.82) is 0 Å². The van der Waals surface area contributed by atoms with E-state index in [1.54, 1.807) is 6.92 Å². The number of carbonyl (C=O) groups is 1. The molecule has 1 aromatic carbocycles. The molecule has 0 bridgehead atoms. The molecule has 0 saturated carbocycles. The van der Waals surface area contributed by atoms with Gasteiger partial charge in [-0.1, -0.05) is 28.4 Å². The fourth-order valence-electron chi connectivity index (χ4n) is 1.44. The van der Waals surface area contributed by atoms with Gasteiger partial charge in [-0.3, -0.25) is 4.79 Å². The summed E-state index contributed by atoms with van der Waals surface area (Å²) in [6.07, 6.45) is 0. The zero-order valence-corrected chi connectivity index (χ0v) is 11.3. The smallest absolute Gasteiger partial charge is 0.251 e. The Kier molecular flexibility index (Phi) is 3.87. The third-order valence-electron chi connectivity index (χ3n) is 2.42. The van der Waals surface area contributed by atoms with Crippen LogP contribution in [-0.4, -0.2) is 26.5 Å². The molecule has 0 aliphatic carbocycles. The Labute approximate surface area is 118 Å². The molecule has 100 valence electrons. The maximum Gasteiger partial charge on any atom is 0.251 e. The molecule has 1 amide bonds. The molecule has 1 aromatic heterocycles. The number of hydrogen-bond donors (Lipinski definition) is 3. The second-order valence-corrected chi connectivity index (χ2v) is 4.61. The Morgan fingerprint density at radius 3 is 2.79 bits per heavy atom. The first-order valence-corrected chi connectivity index (χ1v) is 6.03. The van der Waals surface area contributed by atoms with Gasteiger partial charge >= 0.3 is 0 Å². The van der Waals surface area contributed by atoms with Gasteiger partial charge in [-0.25, -0.2) is 0 Å². The molecule has 19 heavy (non-hydrogen) atoms. The van der Waals surface area contributed by atoms with E-state index in [2.05, 4.69) is 25.9 Å². The van der Waals surface area contributed by atoms with E-state index < -0.39 is 6.04 Å². The van der Waals surface area contributed by atoms with Crippen LogP contribution in [0.5, 0.6) is 0 Å². The number of amides is 1. The molecule has 2 aromatic rings. The first-order valence-electron chi connectivity index (χ1n) is 5.27. The normalized spacial score (nSPS) is 12.2. The molecule has 7 nitrogen and oxygen atoms in total. The van der Waals surface area contributed by atoms with Gasteiger partial charge in [0, 0.05) is 5.56 Å². The van der Waals surface area contributed by atoms with Gasteiger partial charge in [-0.15, -0.1) is 10.2 Å². The molecule has 0 saturated heterocycles. The van der Waals surface area contributed by atoms with Gasteiger partial charge < -0.3 is 11.1 Å². The highest BCUT2D eigenvalue weighted by atomic mass is 35.5. The Morgan fingerprint density at radius 1 is 1.47 bits per heavy atom. The summed E-state index contributed by atoms with van der Waals surface area (Å²) >= 11 is 11.7. The maximum atomic E-state index is 12.0. The van der Waals surface area contributed by atoms with Gasteiger partial charge in [0.15, 0.2) is 5.82 Å². The molecule has 0 spiro atoms. The van der Waals surface area contributed by atoms with Crippen LogP contribution in [0.25, 0.3) is 0 Å². The van der Waals surface area contributed by atoms with Gasteiger partial charge in [0.25, 0.3) is 5.91 Å². The van der Waals surface area contributed by atoms with Crippen LogP contribution in [0, 0.1) is 0 Å². The zero-order valence-electron chi connectivity index (χ0n) is 9.82. The largest absolute Gasteiger partial charge is 0.397 e. The number of benzene rings is 1. The third kappa shape index (κ3) is 2.94. The molecular formula is C10H10Cl2N6O. The van der Waals surface area contributed by atoms with Crippen molar-refractivity contribution < 1.29 is 4.79 Å². The van der Waals surface area contributed by atoms with E-state index in [1.165, 1.54) is 12.1 Å². The summed E-state index contributed by atoms with van der Waals surface area (Å²) in [5.74, 6) is 0.0175. The van der Waals surface area contributed by atoms with Gasteiger partial charge in [-0.05, 0) is 19.1 Å². The van der Waals surface area contributed by atoms with E-state index in [9.17, 15) is 4.79 Å². The lowest BCUT2D eigenvalue weighted by atomic mass is 10.1. The first kappa shape index (κ1) is 13.6. The summed E-state index contributed by atoms with van der Waals surface area (Å²) in [5.41, 5.74) is 6.20. The standard InChI is InChI=1S/C10H10Cl2N6O/c1-4(9-15-17-18-16-9)14-10(19)5-2-6(11)8(12)7(13)3-5/h2-4H,13H2,1H3,(H,14,19)(H,15,16,17,18). The summed E-state index contributed by atoms with van der Waals surface area (Å²) in [5, 5.41) is 16.4. The number of aromatic nitrogens is 4. The van der Waals surface area contributed by atoms with E-state index in [1.807, 2.05) is 0 Å². The Bertz CT molecular complexity index is 577. The third-order valence-corrected chi connectivity index (χ3v) is 3.23. The number of nitrogens with two attached hydrogens (primary N) is 1. The molecule has 1 heterocycles. The molecule has 0 fully saturated rings. The van der Waals surface area contributed by atoms with E-state index in [-0.39, 0.29) is 21.6 Å². The average molecular weight is 301 g/mol. The van der Waals surface area contributed by atoms with Gasteiger partial charge in [0.1, 0.15) is 0 Å². The quantitative estimate of drug-likeness (QED) is 0.746. The highest BCUT2D eigenvalue weighted by Gasteiger charge is 2.16. The second-order valence-electron chi connectivity index (χ2n) is 3.83. The lowest BCUT2D eigenvalue weighted by Gasteiger charge is -2.11. The number of nitrogens with zero attached hydrogens (tertiary/aromatic N) is 3. The van der Waals surface area contributed by atoms with Crippen molar-refractivity contribution >= 4 is 34.8 Å². The SMILES string of the molecule is CC(NC(=O)c1cc(N)c(Cl)c(Cl)c1)c1nn[nH]n1. The van der Waals surface area contributed by atoms with Crippen molar-refractivity contribution in [3.05, 3.63) is 33.6 Å². The predicted molar refractivity (Wildman–Crippen MR) is 70.9 cm³/mol. The lowest BCUT2D eigenvalue weighted by Crippen LogP contribution is -2.27. The summed E-state index contributed by atoms with van der Waals surface area (Å²) in [6.45, 7) is 1.73. The zero-order chi connectivity index (χ0) is 14.0. The van der Waals surface area contributed by atoms with E-state index in [4.69, 9.17) is 28.9 Å². The molecule has 1 unspecified atom stereocenters. The predicted octanol–water partition coefficient (Wildman–Crippen LogP) is 1.58. The van der Waals surface area contributed by atoms with Gasteiger partial charge in [0.05, 0.1) is 21.8 Å². The van der Waals surface area contributed by atoms with Crippen LogP contribution in [0.2, 0.25) is 10.0 Å². The molecule has 0 radical (unpaired) electrons. The highest BCUT2D eigenvalue weighted by molar-refractivity contribution is 6.43. The van der Waals surface area contributed by atoms with Crippen molar-refractivity contribution in [3.8, 4) is 0 Å². The van der Waals surface area contributed by atoms with Crippen LogP contribution in [0.4, 0.5) is 5.69 Å². The number of tetrazole rings is 1. The minimum absolute atomic E-state index is 0.221. The second kappa shape index (κ2) is 5.41. The number of hydrogen-bond acceptors (Lipinski definition) is 5. The van der Waals surface area contributed by atoms with Crippen LogP contribution >= 0.6 is 23.2 Å². The highest BCUT2D eigenvalue weighted by Crippen LogP contribution is 2.29. The van der Waals surface area contributed by atoms with Crippen LogP contribution in [0.15, 0.2) is 12.1 Å². The van der Waals surface area contributed by atoms with Crippen molar-refractivity contribution in [2.24, 2.45) is 0 Å². The Balaban J connectivity index is 2.16. The number of nitrogen functional groups attached to an aromatic ring is 1. The van der Waals surface area contributed by atoms with Crippen LogP contribution in [0.1, 0.15) is 29.1 Å². The molecule has 4 N–H and O–H groups in total. The molecule has 2 rings (SSSR count). The number of anilines is 1. The first-order chi connectivity index (χ1) is 8.99. The lowest BCUT2D eigenvalue weighted by molar-refractivity contribution is 0.0938. The Morgan fingerprint density at radius 2 is 2.21 bits per heavy atom. The minimum Gasteiger partial charge on any atom is -0.397 e. The summed E-state index contributed by atoms with van der Waals surface area (Å²) < 4.78 is 0. The molecule has 9 heteroatoms. The van der Waals surface area contributed by atoms with E-state index >= 15 is 0 Å². The van der Waals surface area contributed by atoms with Crippen LogP contribution < -0.4 is 11.1 Å². The number of carbonyl (C=O) groups excluding carboxylic acids is 1. The van der Waals surface area contributed by atoms with Crippen LogP contribution in [0.3, 0.4) is 0 Å². The fraction of sp³-hybridized carbons (Fsp3) is 0.200. The van der Waals surface area contributed by atoms with E-state index in [0.717, 1.165) is 0 Å². The van der Waals surface area contributed by atoms with E-state index in [0.29, 0.717) is 11.4 Å². The fourth-order valence-corrected chi connectivity index (χ4v) is 1.77. The molecule has 0 aliphatic rings. The summed E-state index contributed by atoms with van der Waals surface area (Å²) in [7, 11) is 0. The maximum absolute atomic E-state index is 12.0. The number of H-pyrrole nitrogens is 1. The number of aromatic amines is 1. The van der Waals surface area contributed by atoms with Gasteiger partial charge in [-0.2, -0.15) is 5.21 Å². The van der Waals surface area contributed by atoms with Crippen molar-refractivity contribution in [1.82, 2.24) is 25.9 Å². The van der Waals surface area contributed by atoms with Crippen molar-refractivity contribution in [3.63, 3.8) is 0 Å². The number of halogens is 2. The summed E-state index contributed by atoms with van der Waals surface area (Å²) in [6, 6.07) is 2.49. The molecular weight excluding hydrogens is 291 g/mol. The topological polar surface area (TPSA) is 110 Å². The van der Waals surface area contributed by atoms with Gasteiger partial charge in [0.2, 0.25) is 0 Å². The number of nitrogens with one attached hydrogen (secondary N) is 2. The van der Waals surface area contributed by atoms with Crippen molar-refractivity contribution in [2.45, 2.75) is 13.0 Å². The average Bonchev–Trinajstić information content (AvgIpc) is 2.89. The van der Waals surface area contributed by atoms with Crippen molar-refractivity contribution in [2.75, 3.05) is 5.73 Å². The number of rotatable bonds is 3. The Hall–Kier alpha value is -1.86. The summed E-state index contributed by atoms with van der Waals surface area (Å²) in [4.78, 5) is 12.0. The minimum atomic E-state index is -0.401. The molecule has 1 atom stereocenters. The van der Waals surface area contributed by atoms with Crippen LogP contribution in [-0.2, 0) is 0 Å².